The molecule has 0 unspecified atom stereocenters. The predicted molar refractivity (Wildman–Crippen MR) is 98.4 cm³/mol. The van der Waals surface area contributed by atoms with Gasteiger partial charge in [-0.25, -0.2) is 0 Å². The van der Waals surface area contributed by atoms with Crippen LogP contribution >= 0.6 is 27.5 Å². The summed E-state index contributed by atoms with van der Waals surface area (Å²) in [5.74, 6) is 0. The van der Waals surface area contributed by atoms with Crippen LogP contribution in [0.4, 0.5) is 13.2 Å². The van der Waals surface area contributed by atoms with Crippen LogP contribution in [-0.2, 0) is 16.2 Å². The van der Waals surface area contributed by atoms with Crippen LogP contribution in [0.2, 0.25) is 5.02 Å². The number of hydrogen-bond acceptors (Lipinski definition) is 3. The highest BCUT2D eigenvalue weighted by molar-refractivity contribution is 9.10. The van der Waals surface area contributed by atoms with Gasteiger partial charge in [-0.1, -0.05) is 57.9 Å². The molecule has 1 aromatic heterocycles. The number of aromatic nitrogens is 2. The van der Waals surface area contributed by atoms with Gasteiger partial charge in [0.05, 0.1) is 4.90 Å². The van der Waals surface area contributed by atoms with E-state index in [1.807, 2.05) is 4.83 Å². The van der Waals surface area contributed by atoms with E-state index >= 15 is 0 Å². The van der Waals surface area contributed by atoms with Gasteiger partial charge in [0.1, 0.15) is 10.7 Å². The molecule has 0 atom stereocenters. The molecule has 0 saturated heterocycles. The Morgan fingerprint density at radius 2 is 1.63 bits per heavy atom. The first-order valence-corrected chi connectivity index (χ1v) is 9.94. The zero-order valence-corrected chi connectivity index (χ0v) is 16.4. The van der Waals surface area contributed by atoms with E-state index in [2.05, 4.69) is 21.0 Å². The monoisotopic (exact) mass is 479 g/mol. The number of sulfonamides is 1. The van der Waals surface area contributed by atoms with E-state index in [1.54, 1.807) is 18.2 Å². The molecule has 0 radical (unpaired) electrons. The molecule has 0 bridgehead atoms. The van der Waals surface area contributed by atoms with Crippen molar-refractivity contribution in [2.45, 2.75) is 11.1 Å². The van der Waals surface area contributed by atoms with Crippen LogP contribution in [0.25, 0.3) is 11.3 Å². The molecule has 11 heteroatoms. The highest BCUT2D eigenvalue weighted by atomic mass is 79.9. The summed E-state index contributed by atoms with van der Waals surface area (Å²) in [5.41, 5.74) is -1.36. The Kier molecular flexibility index (Phi) is 5.24. The third-order valence-corrected chi connectivity index (χ3v) is 5.67. The molecule has 142 valence electrons. The Morgan fingerprint density at radius 3 is 2.19 bits per heavy atom. The molecule has 0 spiro atoms. The van der Waals surface area contributed by atoms with Gasteiger partial charge >= 0.3 is 6.18 Å². The first kappa shape index (κ1) is 19.7. The number of halogens is 5. The summed E-state index contributed by atoms with van der Waals surface area (Å²) in [4.78, 5) is 2.42. The fourth-order valence-electron chi connectivity index (χ4n) is 2.27. The normalized spacial score (nSPS) is 12.2. The fourth-order valence-corrected chi connectivity index (χ4v) is 3.85. The maximum Gasteiger partial charge on any atom is 0.436 e. The molecule has 1 heterocycles. The van der Waals surface area contributed by atoms with Gasteiger partial charge in [0.15, 0.2) is 5.69 Å². The van der Waals surface area contributed by atoms with E-state index in [4.69, 9.17) is 11.6 Å². The van der Waals surface area contributed by atoms with Crippen LogP contribution < -0.4 is 4.83 Å². The first-order chi connectivity index (χ1) is 12.6. The maximum absolute atomic E-state index is 13.2. The molecule has 0 aliphatic heterocycles. The lowest BCUT2D eigenvalue weighted by molar-refractivity contribution is -0.141. The number of benzene rings is 2. The van der Waals surface area contributed by atoms with Crippen LogP contribution in [0.5, 0.6) is 0 Å². The Bertz CT molecular complexity index is 1070. The zero-order valence-electron chi connectivity index (χ0n) is 13.2. The van der Waals surface area contributed by atoms with Crippen LogP contribution in [0, 0.1) is 0 Å². The number of alkyl halides is 3. The minimum Gasteiger partial charge on any atom is -0.200 e. The summed E-state index contributed by atoms with van der Waals surface area (Å²) in [7, 11) is -4.19. The lowest BCUT2D eigenvalue weighted by Gasteiger charge is -2.11. The van der Waals surface area contributed by atoms with Crippen molar-refractivity contribution in [1.29, 1.82) is 0 Å². The Morgan fingerprint density at radius 1 is 1.04 bits per heavy atom. The first-order valence-electron chi connectivity index (χ1n) is 7.29. The van der Waals surface area contributed by atoms with Gasteiger partial charge in [0, 0.05) is 10.0 Å². The highest BCUT2D eigenvalue weighted by Gasteiger charge is 2.39. The van der Waals surface area contributed by atoms with Gasteiger partial charge in [-0.3, -0.25) is 0 Å². The quantitative estimate of drug-likeness (QED) is 0.577. The number of hydrogen-bond donors (Lipinski definition) is 1. The van der Waals surface area contributed by atoms with Crippen LogP contribution in [0.3, 0.4) is 0 Å². The molecule has 2 aromatic carbocycles. The van der Waals surface area contributed by atoms with Crippen LogP contribution in [0.1, 0.15) is 5.69 Å². The number of nitrogens with zero attached hydrogens (tertiary/aromatic N) is 2. The van der Waals surface area contributed by atoms with Gasteiger partial charge in [-0.2, -0.15) is 31.2 Å². The van der Waals surface area contributed by atoms with E-state index < -0.39 is 26.9 Å². The summed E-state index contributed by atoms with van der Waals surface area (Å²) in [5, 5.41) is 2.64. The molecule has 1 N–H and O–H groups in total. The molecule has 0 fully saturated rings. The SMILES string of the molecule is O=S(=O)(Nn1nc(C(F)(F)F)c(Cl)c1-c1ccc(Br)cc1)c1ccccc1. The van der Waals surface area contributed by atoms with Crippen molar-refractivity contribution in [3.63, 3.8) is 0 Å². The lowest BCUT2D eigenvalue weighted by atomic mass is 10.1. The molecule has 3 rings (SSSR count). The summed E-state index contributed by atoms with van der Waals surface area (Å²) in [6.07, 6.45) is -4.86. The van der Waals surface area contributed by atoms with Crippen LogP contribution in [-0.4, -0.2) is 18.3 Å². The second-order valence-electron chi connectivity index (χ2n) is 5.34. The van der Waals surface area contributed by atoms with E-state index in [0.29, 0.717) is 9.26 Å². The number of nitrogens with one attached hydrogen (secondary N) is 1. The molecule has 3 aromatic rings. The molecule has 0 amide bonds. The van der Waals surface area contributed by atoms with Gasteiger partial charge in [0.25, 0.3) is 10.0 Å². The predicted octanol–water partition coefficient (Wildman–Crippen LogP) is 4.92. The molecule has 0 saturated carbocycles. The standard InChI is InChI=1S/C16H10BrClF3N3O2S/c17-11-8-6-10(7-9-11)14-13(18)15(16(19,20)21)22-24(14)23-27(25,26)12-4-2-1-3-5-12/h1-9,23H. The van der Waals surface area contributed by atoms with E-state index in [-0.39, 0.29) is 16.2 Å². The van der Waals surface area contributed by atoms with Crippen molar-refractivity contribution in [1.82, 2.24) is 9.89 Å². The molecule has 0 aliphatic carbocycles. The van der Waals surface area contributed by atoms with Gasteiger partial charge < -0.3 is 0 Å². The van der Waals surface area contributed by atoms with Gasteiger partial charge in [0.2, 0.25) is 0 Å². The Hall–Kier alpha value is -2.04. The second kappa shape index (κ2) is 7.17. The van der Waals surface area contributed by atoms with Crippen LogP contribution in [0.15, 0.2) is 64.0 Å². The zero-order chi connectivity index (χ0) is 19.8. The van der Waals surface area contributed by atoms with E-state index in [0.717, 1.165) is 0 Å². The van der Waals surface area contributed by atoms with Gasteiger partial charge in [-0.05, 0) is 24.3 Å². The third-order valence-electron chi connectivity index (χ3n) is 3.47. The average Bonchev–Trinajstić information content (AvgIpc) is 2.92. The van der Waals surface area contributed by atoms with Crippen molar-refractivity contribution >= 4 is 37.6 Å². The number of rotatable bonds is 4. The van der Waals surface area contributed by atoms with E-state index in [9.17, 15) is 21.6 Å². The Labute approximate surface area is 165 Å². The Balaban J connectivity index is 2.16. The molecular weight excluding hydrogens is 471 g/mol. The van der Waals surface area contributed by atoms with Gasteiger partial charge in [-0.15, -0.1) is 5.10 Å². The summed E-state index contributed by atoms with van der Waals surface area (Å²) in [6, 6.07) is 13.3. The summed E-state index contributed by atoms with van der Waals surface area (Å²) in [6.45, 7) is 0. The second-order valence-corrected chi connectivity index (χ2v) is 8.29. The highest BCUT2D eigenvalue weighted by Crippen LogP contribution is 2.39. The fraction of sp³-hybridized carbons (Fsp3) is 0.0625. The summed E-state index contributed by atoms with van der Waals surface area (Å²) < 4.78 is 65.4. The van der Waals surface area contributed by atoms with Crippen molar-refractivity contribution in [3.05, 3.63) is 69.8 Å². The minimum absolute atomic E-state index is 0.132. The maximum atomic E-state index is 13.2. The van der Waals surface area contributed by atoms with Crippen molar-refractivity contribution in [2.75, 3.05) is 4.83 Å². The van der Waals surface area contributed by atoms with E-state index in [1.165, 1.54) is 36.4 Å². The third kappa shape index (κ3) is 4.12. The molecule has 5 nitrogen and oxygen atoms in total. The van der Waals surface area contributed by atoms with Crippen molar-refractivity contribution < 1.29 is 21.6 Å². The van der Waals surface area contributed by atoms with Crippen molar-refractivity contribution in [2.24, 2.45) is 0 Å². The molecular formula is C16H10BrClF3N3O2S. The molecule has 27 heavy (non-hydrogen) atoms. The largest absolute Gasteiger partial charge is 0.436 e. The van der Waals surface area contributed by atoms with Crippen molar-refractivity contribution in [3.8, 4) is 11.3 Å². The average molecular weight is 481 g/mol. The molecule has 0 aliphatic rings. The topological polar surface area (TPSA) is 64.0 Å². The summed E-state index contributed by atoms with van der Waals surface area (Å²) >= 11 is 9.14. The lowest BCUT2D eigenvalue weighted by Crippen LogP contribution is -2.25. The minimum atomic E-state index is -4.86. The smallest absolute Gasteiger partial charge is 0.200 e.